The van der Waals surface area contributed by atoms with Crippen LogP contribution in [0.3, 0.4) is 0 Å². The zero-order valence-corrected chi connectivity index (χ0v) is 14.1. The summed E-state index contributed by atoms with van der Waals surface area (Å²) in [5.74, 6) is 1.44. The molecule has 1 aliphatic rings. The van der Waals surface area contributed by atoms with E-state index in [4.69, 9.17) is 14.2 Å². The Balaban J connectivity index is 1.79. The maximum Gasteiger partial charge on any atom is 0.189 e. The average Bonchev–Trinajstić information content (AvgIpc) is 2.60. The van der Waals surface area contributed by atoms with E-state index in [0.717, 1.165) is 27.1 Å². The molecule has 0 N–H and O–H groups in total. The van der Waals surface area contributed by atoms with Crippen LogP contribution < -0.4 is 9.47 Å². The van der Waals surface area contributed by atoms with Crippen LogP contribution in [-0.2, 0) is 11.3 Å². The molecule has 0 unspecified atom stereocenters. The average molecular weight is 375 g/mol. The van der Waals surface area contributed by atoms with E-state index in [9.17, 15) is 4.79 Å². The van der Waals surface area contributed by atoms with Crippen molar-refractivity contribution in [3.8, 4) is 11.5 Å². The number of carbonyl (C=O) groups is 1. The lowest BCUT2D eigenvalue weighted by Crippen LogP contribution is -2.11. The number of halogens is 1. The summed E-state index contributed by atoms with van der Waals surface area (Å²) in [6.45, 7) is 0.766. The van der Waals surface area contributed by atoms with Gasteiger partial charge in [0.1, 0.15) is 11.5 Å². The van der Waals surface area contributed by atoms with Gasteiger partial charge in [0.15, 0.2) is 12.6 Å². The van der Waals surface area contributed by atoms with Crippen molar-refractivity contribution in [3.63, 3.8) is 0 Å². The molecule has 0 saturated carbocycles. The van der Waals surface area contributed by atoms with E-state index in [1.807, 2.05) is 12.1 Å². The molecule has 0 amide bonds. The van der Waals surface area contributed by atoms with Crippen molar-refractivity contribution in [2.24, 2.45) is 0 Å². The second-order valence-electron chi connectivity index (χ2n) is 5.02. The van der Waals surface area contributed by atoms with Crippen molar-refractivity contribution in [1.82, 2.24) is 0 Å². The van der Waals surface area contributed by atoms with Gasteiger partial charge in [-0.05, 0) is 48.0 Å². The molecule has 0 atom stereocenters. The van der Waals surface area contributed by atoms with Crippen molar-refractivity contribution in [1.29, 1.82) is 0 Å². The van der Waals surface area contributed by atoms with Gasteiger partial charge in [-0.2, -0.15) is 0 Å². The Bertz CT molecular complexity index is 750. The topological polar surface area (TPSA) is 44.8 Å². The van der Waals surface area contributed by atoms with Crippen LogP contribution in [0, 0.1) is 0 Å². The van der Waals surface area contributed by atoms with Crippen LogP contribution in [0.4, 0.5) is 0 Å². The Labute approximate surface area is 142 Å². The maximum absolute atomic E-state index is 12.2. The summed E-state index contributed by atoms with van der Waals surface area (Å²) in [5.41, 5.74) is 2.48. The summed E-state index contributed by atoms with van der Waals surface area (Å²) in [6.07, 6.45) is 3.33. The lowest BCUT2D eigenvalue weighted by Gasteiger charge is -2.19. The lowest BCUT2D eigenvalue weighted by molar-refractivity contribution is -0.0167. The number of carbonyl (C=O) groups excluding carboxylic acids is 1. The molecule has 0 bridgehead atoms. The first kappa shape index (κ1) is 15.8. The molecule has 118 valence electrons. The Morgan fingerprint density at radius 2 is 2.04 bits per heavy atom. The number of allylic oxidation sites excluding steroid dienone is 1. The second-order valence-corrected chi connectivity index (χ2v) is 5.87. The smallest absolute Gasteiger partial charge is 0.189 e. The Kier molecular flexibility index (Phi) is 4.79. The van der Waals surface area contributed by atoms with Crippen LogP contribution in [0.5, 0.6) is 11.5 Å². The third kappa shape index (κ3) is 3.63. The van der Waals surface area contributed by atoms with Gasteiger partial charge in [0.2, 0.25) is 0 Å². The Hall–Kier alpha value is -2.11. The zero-order valence-electron chi connectivity index (χ0n) is 12.5. The first-order chi connectivity index (χ1) is 11.2. The molecule has 23 heavy (non-hydrogen) atoms. The fourth-order valence-corrected chi connectivity index (χ4v) is 2.84. The number of hydrogen-bond acceptors (Lipinski definition) is 4. The van der Waals surface area contributed by atoms with Gasteiger partial charge in [0.05, 0.1) is 13.7 Å². The molecule has 3 rings (SSSR count). The van der Waals surface area contributed by atoms with E-state index in [2.05, 4.69) is 15.9 Å². The normalized spacial score (nSPS) is 13.5. The Morgan fingerprint density at radius 3 is 2.78 bits per heavy atom. The van der Waals surface area contributed by atoms with Crippen molar-refractivity contribution in [2.75, 3.05) is 13.9 Å². The van der Waals surface area contributed by atoms with Gasteiger partial charge in [-0.1, -0.05) is 22.0 Å². The summed E-state index contributed by atoms with van der Waals surface area (Å²) in [7, 11) is 1.60. The molecule has 2 aromatic carbocycles. The van der Waals surface area contributed by atoms with Crippen molar-refractivity contribution in [2.45, 2.75) is 6.61 Å². The van der Waals surface area contributed by atoms with Gasteiger partial charge in [-0.3, -0.25) is 4.79 Å². The summed E-state index contributed by atoms with van der Waals surface area (Å²) in [5, 5.41) is 0. The quantitative estimate of drug-likeness (QED) is 0.593. The van der Waals surface area contributed by atoms with Crippen LogP contribution in [0.2, 0.25) is 0 Å². The highest BCUT2D eigenvalue weighted by molar-refractivity contribution is 9.10. The first-order valence-corrected chi connectivity index (χ1v) is 7.86. The van der Waals surface area contributed by atoms with E-state index in [0.29, 0.717) is 12.2 Å². The standard InChI is InChI=1S/C18H15BrO4/c1-21-14-5-3-13(4-6-14)17(20)7-2-12-8-16(19)15-10-22-11-23-18(15)9-12/h2-9H,10-11H2,1H3/b7-2+. The van der Waals surface area contributed by atoms with Crippen molar-refractivity contribution >= 4 is 27.8 Å². The van der Waals surface area contributed by atoms with E-state index >= 15 is 0 Å². The number of ether oxygens (including phenoxy) is 3. The lowest BCUT2D eigenvalue weighted by atomic mass is 10.1. The predicted octanol–water partition coefficient (Wildman–Crippen LogP) is 4.22. The van der Waals surface area contributed by atoms with Gasteiger partial charge < -0.3 is 14.2 Å². The molecule has 0 fully saturated rings. The van der Waals surface area contributed by atoms with Crippen molar-refractivity contribution < 1.29 is 19.0 Å². The molecule has 0 spiro atoms. The molecular formula is C18H15BrO4. The minimum atomic E-state index is -0.0641. The highest BCUT2D eigenvalue weighted by Crippen LogP contribution is 2.32. The molecule has 1 heterocycles. The van der Waals surface area contributed by atoms with E-state index in [1.165, 1.54) is 0 Å². The number of benzene rings is 2. The van der Waals surface area contributed by atoms with E-state index < -0.39 is 0 Å². The second kappa shape index (κ2) is 6.98. The molecular weight excluding hydrogens is 360 g/mol. The molecule has 1 aliphatic heterocycles. The van der Waals surface area contributed by atoms with Gasteiger partial charge in [-0.25, -0.2) is 0 Å². The third-order valence-electron chi connectivity index (χ3n) is 3.52. The highest BCUT2D eigenvalue weighted by atomic mass is 79.9. The fraction of sp³-hybridized carbons (Fsp3) is 0.167. The van der Waals surface area contributed by atoms with Gasteiger partial charge >= 0.3 is 0 Å². The number of ketones is 1. The summed E-state index contributed by atoms with van der Waals surface area (Å²) in [6, 6.07) is 10.9. The van der Waals surface area contributed by atoms with Gasteiger partial charge in [-0.15, -0.1) is 0 Å². The van der Waals surface area contributed by atoms with Gasteiger partial charge in [0.25, 0.3) is 0 Å². The number of hydrogen-bond donors (Lipinski definition) is 0. The molecule has 0 aliphatic carbocycles. The summed E-state index contributed by atoms with van der Waals surface area (Å²) in [4.78, 5) is 12.2. The maximum atomic E-state index is 12.2. The zero-order chi connectivity index (χ0) is 16.2. The van der Waals surface area contributed by atoms with Gasteiger partial charge in [0, 0.05) is 15.6 Å². The van der Waals surface area contributed by atoms with Crippen LogP contribution in [0.25, 0.3) is 6.08 Å². The number of rotatable bonds is 4. The minimum absolute atomic E-state index is 0.0641. The number of fused-ring (bicyclic) bond motifs is 1. The SMILES string of the molecule is COc1ccc(C(=O)/C=C/c2cc(Br)c3c(c2)OCOC3)cc1. The minimum Gasteiger partial charge on any atom is -0.497 e. The molecule has 0 radical (unpaired) electrons. The van der Waals surface area contributed by atoms with Crippen molar-refractivity contribution in [3.05, 3.63) is 63.6 Å². The van der Waals surface area contributed by atoms with Crippen LogP contribution in [0.1, 0.15) is 21.5 Å². The third-order valence-corrected chi connectivity index (χ3v) is 4.23. The van der Waals surface area contributed by atoms with Crippen LogP contribution in [-0.4, -0.2) is 19.7 Å². The van der Waals surface area contributed by atoms with E-state index in [-0.39, 0.29) is 12.6 Å². The van der Waals surface area contributed by atoms with E-state index in [1.54, 1.807) is 43.5 Å². The van der Waals surface area contributed by atoms with Crippen LogP contribution in [0.15, 0.2) is 46.9 Å². The first-order valence-electron chi connectivity index (χ1n) is 7.07. The fourth-order valence-electron chi connectivity index (χ4n) is 2.27. The van der Waals surface area contributed by atoms with Crippen LogP contribution >= 0.6 is 15.9 Å². The molecule has 0 aromatic heterocycles. The molecule has 0 saturated heterocycles. The monoisotopic (exact) mass is 374 g/mol. The predicted molar refractivity (Wildman–Crippen MR) is 90.8 cm³/mol. The summed E-state index contributed by atoms with van der Waals surface area (Å²) < 4.78 is 16.7. The highest BCUT2D eigenvalue weighted by Gasteiger charge is 2.14. The summed E-state index contributed by atoms with van der Waals surface area (Å²) >= 11 is 3.51. The molecule has 5 heteroatoms. The number of methoxy groups -OCH3 is 1. The molecule has 4 nitrogen and oxygen atoms in total. The Morgan fingerprint density at radius 1 is 1.26 bits per heavy atom. The molecule has 2 aromatic rings. The largest absolute Gasteiger partial charge is 0.497 e.